The van der Waals surface area contributed by atoms with Gasteiger partial charge in [-0.15, -0.1) is 0 Å². The van der Waals surface area contributed by atoms with Crippen LogP contribution in [0.15, 0.2) is 12.2 Å². The second-order valence-corrected chi connectivity index (χ2v) is 15.2. The number of rotatable bonds is 38. The third kappa shape index (κ3) is 36.2. The lowest BCUT2D eigenvalue weighted by Gasteiger charge is -2.20. The van der Waals surface area contributed by atoms with Gasteiger partial charge < -0.3 is 15.5 Å². The van der Waals surface area contributed by atoms with Crippen molar-refractivity contribution in [3.63, 3.8) is 0 Å². The Hall–Kier alpha value is -0.870. The summed E-state index contributed by atoms with van der Waals surface area (Å²) in [4.78, 5) is 12.4. The lowest BCUT2D eigenvalue weighted by atomic mass is 10.0. The average Bonchev–Trinajstić information content (AvgIpc) is 3.06. The Morgan fingerprint density at radius 3 is 1.30 bits per heavy atom. The van der Waals surface area contributed by atoms with Crippen molar-refractivity contribution in [3.8, 4) is 0 Å². The van der Waals surface area contributed by atoms with E-state index in [1.165, 1.54) is 180 Å². The molecule has 0 heterocycles. The van der Waals surface area contributed by atoms with Gasteiger partial charge in [-0.1, -0.05) is 219 Å². The molecule has 0 rings (SSSR count). The third-order valence-corrected chi connectivity index (χ3v) is 9.95. The molecule has 0 spiro atoms. The second-order valence-electron chi connectivity index (χ2n) is 15.2. The summed E-state index contributed by atoms with van der Waals surface area (Å²) in [6.07, 6.45) is 46.0. The first-order valence-electron chi connectivity index (χ1n) is 21.3. The van der Waals surface area contributed by atoms with E-state index < -0.39 is 12.1 Å². The standard InChI is InChI=1S/C43H85NO3/c1-4-5-6-7-8-9-10-11-12-13-14-15-16-20-23-26-29-32-35-38-43(47)44-41(39-45)42(46)37-34-31-28-25-22-19-17-18-21-24-27-30-33-36-40(2)3/h34,37,40-42,45-46H,4-33,35-36,38-39H2,1-3H3,(H,44,47). The number of amides is 1. The van der Waals surface area contributed by atoms with Gasteiger partial charge in [-0.3, -0.25) is 4.79 Å². The summed E-state index contributed by atoms with van der Waals surface area (Å²) in [6.45, 7) is 6.68. The molecule has 0 aromatic carbocycles. The molecule has 0 aliphatic carbocycles. The highest BCUT2D eigenvalue weighted by molar-refractivity contribution is 5.76. The summed E-state index contributed by atoms with van der Waals surface area (Å²) in [5, 5.41) is 23.0. The molecule has 3 N–H and O–H groups in total. The molecule has 280 valence electrons. The second kappa shape index (κ2) is 37.9. The highest BCUT2D eigenvalue weighted by Gasteiger charge is 2.17. The molecule has 47 heavy (non-hydrogen) atoms. The zero-order valence-corrected chi connectivity index (χ0v) is 32.2. The molecule has 4 nitrogen and oxygen atoms in total. The maximum atomic E-state index is 12.4. The van der Waals surface area contributed by atoms with E-state index in [1.807, 2.05) is 6.08 Å². The number of hydrogen-bond acceptors (Lipinski definition) is 3. The van der Waals surface area contributed by atoms with Crippen molar-refractivity contribution in [1.82, 2.24) is 5.32 Å². The van der Waals surface area contributed by atoms with Gasteiger partial charge in [0.15, 0.2) is 0 Å². The lowest BCUT2D eigenvalue weighted by Crippen LogP contribution is -2.45. The molecule has 0 aliphatic rings. The molecule has 0 saturated carbocycles. The van der Waals surface area contributed by atoms with Crippen molar-refractivity contribution in [1.29, 1.82) is 0 Å². The minimum Gasteiger partial charge on any atom is -0.394 e. The normalized spacial score (nSPS) is 13.1. The van der Waals surface area contributed by atoms with Crippen LogP contribution in [0.1, 0.15) is 233 Å². The van der Waals surface area contributed by atoms with Crippen molar-refractivity contribution in [2.45, 2.75) is 245 Å². The number of nitrogens with one attached hydrogen (secondary N) is 1. The van der Waals surface area contributed by atoms with E-state index in [0.717, 1.165) is 31.6 Å². The van der Waals surface area contributed by atoms with Crippen LogP contribution in [0.25, 0.3) is 0 Å². The molecule has 0 aromatic rings. The Morgan fingerprint density at radius 2 is 0.915 bits per heavy atom. The molecule has 4 heteroatoms. The van der Waals surface area contributed by atoms with E-state index in [9.17, 15) is 15.0 Å². The van der Waals surface area contributed by atoms with Crippen LogP contribution in [0.3, 0.4) is 0 Å². The van der Waals surface area contributed by atoms with Crippen LogP contribution in [-0.2, 0) is 4.79 Å². The third-order valence-electron chi connectivity index (χ3n) is 9.95. The number of hydrogen-bond donors (Lipinski definition) is 3. The quantitative estimate of drug-likeness (QED) is 0.0455. The fourth-order valence-corrected chi connectivity index (χ4v) is 6.66. The monoisotopic (exact) mass is 664 g/mol. The Balaban J connectivity index is 3.54. The molecule has 0 saturated heterocycles. The molecule has 1 amide bonds. The van der Waals surface area contributed by atoms with Crippen molar-refractivity contribution in [2.24, 2.45) is 5.92 Å². The van der Waals surface area contributed by atoms with E-state index in [1.54, 1.807) is 6.08 Å². The van der Waals surface area contributed by atoms with E-state index in [-0.39, 0.29) is 12.5 Å². The van der Waals surface area contributed by atoms with Gasteiger partial charge in [-0.2, -0.15) is 0 Å². The van der Waals surface area contributed by atoms with Gasteiger partial charge in [0, 0.05) is 6.42 Å². The first kappa shape index (κ1) is 46.1. The minimum atomic E-state index is -0.834. The molecule has 0 aromatic heterocycles. The van der Waals surface area contributed by atoms with Crippen LogP contribution in [0.5, 0.6) is 0 Å². The maximum absolute atomic E-state index is 12.4. The van der Waals surface area contributed by atoms with Gasteiger partial charge in [0.1, 0.15) is 0 Å². The average molecular weight is 664 g/mol. The summed E-state index contributed by atoms with van der Waals surface area (Å²) in [5.41, 5.74) is 0. The number of carbonyl (C=O) groups is 1. The molecule has 0 radical (unpaired) electrons. The molecule has 0 bridgehead atoms. The van der Waals surface area contributed by atoms with Crippen LogP contribution in [0, 0.1) is 5.92 Å². The number of allylic oxidation sites excluding steroid dienone is 1. The fraction of sp³-hybridized carbons (Fsp3) is 0.930. The molecule has 0 fully saturated rings. The summed E-state index contributed by atoms with van der Waals surface area (Å²) >= 11 is 0. The molecular formula is C43H85NO3. The Kier molecular flexibility index (Phi) is 37.2. The molecule has 2 atom stereocenters. The topological polar surface area (TPSA) is 69.6 Å². The number of aliphatic hydroxyl groups is 2. The zero-order valence-electron chi connectivity index (χ0n) is 32.2. The van der Waals surface area contributed by atoms with E-state index in [4.69, 9.17) is 0 Å². The summed E-state index contributed by atoms with van der Waals surface area (Å²) in [5.74, 6) is 0.790. The lowest BCUT2D eigenvalue weighted by molar-refractivity contribution is -0.123. The fourth-order valence-electron chi connectivity index (χ4n) is 6.66. The summed E-state index contributed by atoms with van der Waals surface area (Å²) in [7, 11) is 0. The van der Waals surface area contributed by atoms with Gasteiger partial charge >= 0.3 is 0 Å². The van der Waals surface area contributed by atoms with E-state index in [0.29, 0.717) is 6.42 Å². The predicted molar refractivity (Wildman–Crippen MR) is 207 cm³/mol. The Morgan fingerprint density at radius 1 is 0.553 bits per heavy atom. The molecule has 2 unspecified atom stereocenters. The Bertz CT molecular complexity index is 649. The molecule has 0 aliphatic heterocycles. The Labute approximate surface area is 295 Å². The first-order valence-corrected chi connectivity index (χ1v) is 21.3. The van der Waals surface area contributed by atoms with Crippen LogP contribution >= 0.6 is 0 Å². The highest BCUT2D eigenvalue weighted by Crippen LogP contribution is 2.16. The van der Waals surface area contributed by atoms with Crippen molar-refractivity contribution >= 4 is 5.91 Å². The summed E-state index contributed by atoms with van der Waals surface area (Å²) < 4.78 is 0. The van der Waals surface area contributed by atoms with E-state index >= 15 is 0 Å². The SMILES string of the molecule is CCCCCCCCCCCCCCCCCCCCCC(=O)NC(CO)C(O)C=CCCCCCCCCCCCCCC(C)C. The van der Waals surface area contributed by atoms with Crippen LogP contribution in [0.4, 0.5) is 0 Å². The van der Waals surface area contributed by atoms with Crippen LogP contribution in [0.2, 0.25) is 0 Å². The zero-order chi connectivity index (χ0) is 34.5. The van der Waals surface area contributed by atoms with Crippen molar-refractivity contribution < 1.29 is 15.0 Å². The van der Waals surface area contributed by atoms with Crippen molar-refractivity contribution in [3.05, 3.63) is 12.2 Å². The van der Waals surface area contributed by atoms with E-state index in [2.05, 4.69) is 26.1 Å². The predicted octanol–water partition coefficient (Wildman–Crippen LogP) is 12.9. The van der Waals surface area contributed by atoms with Gasteiger partial charge in [0.25, 0.3) is 0 Å². The van der Waals surface area contributed by atoms with Gasteiger partial charge in [0.05, 0.1) is 18.8 Å². The van der Waals surface area contributed by atoms with Gasteiger partial charge in [-0.25, -0.2) is 0 Å². The largest absolute Gasteiger partial charge is 0.394 e. The van der Waals surface area contributed by atoms with Gasteiger partial charge in [0.2, 0.25) is 5.91 Å². The van der Waals surface area contributed by atoms with Crippen molar-refractivity contribution in [2.75, 3.05) is 6.61 Å². The van der Waals surface area contributed by atoms with Crippen LogP contribution in [-0.4, -0.2) is 34.9 Å². The number of carbonyl (C=O) groups excluding carboxylic acids is 1. The minimum absolute atomic E-state index is 0.0606. The van der Waals surface area contributed by atoms with Crippen LogP contribution < -0.4 is 5.32 Å². The first-order chi connectivity index (χ1) is 23.0. The highest BCUT2D eigenvalue weighted by atomic mass is 16.3. The smallest absolute Gasteiger partial charge is 0.220 e. The maximum Gasteiger partial charge on any atom is 0.220 e. The number of unbranched alkanes of at least 4 members (excludes halogenated alkanes) is 29. The molecular weight excluding hydrogens is 578 g/mol. The van der Waals surface area contributed by atoms with Gasteiger partial charge in [-0.05, 0) is 25.2 Å². The number of aliphatic hydroxyl groups excluding tert-OH is 2. The summed E-state index contributed by atoms with van der Waals surface area (Å²) in [6, 6.07) is -0.616.